The summed E-state index contributed by atoms with van der Waals surface area (Å²) in [6, 6.07) is 14.7. The molecule has 1 aliphatic rings. The average Bonchev–Trinajstić information content (AvgIpc) is 2.48. The van der Waals surface area contributed by atoms with Gasteiger partial charge in [0.05, 0.1) is 0 Å². The zero-order valence-corrected chi connectivity index (χ0v) is 11.8. The highest BCUT2D eigenvalue weighted by Crippen LogP contribution is 2.13. The van der Waals surface area contributed by atoms with Gasteiger partial charge in [-0.15, -0.1) is 0 Å². The molecule has 0 atom stereocenters. The first-order valence-corrected chi connectivity index (χ1v) is 6.78. The fourth-order valence-electron chi connectivity index (χ4n) is 1.94. The van der Waals surface area contributed by atoms with Gasteiger partial charge in [0.1, 0.15) is 0 Å². The summed E-state index contributed by atoms with van der Waals surface area (Å²) < 4.78 is 16.5. The Morgan fingerprint density at radius 2 is 1.20 bits per heavy atom. The molecule has 1 saturated heterocycles. The van der Waals surface area contributed by atoms with E-state index < -0.39 is 14.2 Å². The molecule has 0 bridgehead atoms. The molecule has 0 unspecified atom stereocenters. The van der Waals surface area contributed by atoms with Crippen molar-refractivity contribution in [1.29, 1.82) is 0 Å². The Bertz CT molecular complexity index is 563. The minimum atomic E-state index is -0.626. The summed E-state index contributed by atoms with van der Waals surface area (Å²) >= 11 is 12.3. The Morgan fingerprint density at radius 1 is 0.750 bits per heavy atom. The van der Waals surface area contributed by atoms with Crippen molar-refractivity contribution in [2.45, 2.75) is 0 Å². The van der Waals surface area contributed by atoms with E-state index in [4.69, 9.17) is 36.9 Å². The summed E-state index contributed by atoms with van der Waals surface area (Å²) in [6.45, 7) is 0. The first-order valence-electron chi connectivity index (χ1n) is 6.02. The number of hydrogen-bond acceptors (Lipinski definition) is 3. The summed E-state index contributed by atoms with van der Waals surface area (Å²) in [5.74, 6) is 0. The number of rotatable bonds is 2. The summed E-state index contributed by atoms with van der Waals surface area (Å²) in [5, 5.41) is 1.15. The monoisotopic (exact) mass is 303 g/mol. The molecule has 0 aliphatic carbocycles. The van der Waals surface area contributed by atoms with Crippen LogP contribution in [0.2, 0.25) is 10.0 Å². The summed E-state index contributed by atoms with van der Waals surface area (Å²) in [5.41, 5.74) is 1.48. The van der Waals surface area contributed by atoms with Gasteiger partial charge in [-0.2, -0.15) is 0 Å². The molecular weight excluding hydrogens is 295 g/mol. The van der Waals surface area contributed by atoms with Gasteiger partial charge in [-0.05, 0) is 23.1 Å². The zero-order valence-electron chi connectivity index (χ0n) is 10.3. The van der Waals surface area contributed by atoms with Crippen molar-refractivity contribution in [3.8, 4) is 0 Å². The van der Waals surface area contributed by atoms with Crippen molar-refractivity contribution in [2.24, 2.45) is 0 Å². The van der Waals surface area contributed by atoms with Gasteiger partial charge in [-0.1, -0.05) is 59.6 Å². The first kappa shape index (κ1) is 14.0. The van der Waals surface area contributed by atoms with E-state index in [-0.39, 0.29) is 0 Å². The highest BCUT2D eigenvalue weighted by atomic mass is 35.5. The molecular formula is C12H8B3Cl2O3. The molecule has 1 fully saturated rings. The predicted molar refractivity (Wildman–Crippen MR) is 82.7 cm³/mol. The maximum absolute atomic E-state index is 6.14. The van der Waals surface area contributed by atoms with Crippen molar-refractivity contribution in [2.75, 3.05) is 0 Å². The second-order valence-corrected chi connectivity index (χ2v) is 5.03. The first-order chi connectivity index (χ1) is 9.75. The van der Waals surface area contributed by atoms with E-state index in [1.54, 1.807) is 12.1 Å². The van der Waals surface area contributed by atoms with Crippen LogP contribution in [-0.4, -0.2) is 21.9 Å². The molecule has 0 amide bonds. The van der Waals surface area contributed by atoms with Crippen LogP contribution in [0.25, 0.3) is 0 Å². The lowest BCUT2D eigenvalue weighted by atomic mass is 9.67. The standard InChI is InChI=1S/C12H8B3Cl2O3/c16-11-7-3-1-5-9(11)14-18-13-19-15(20-14)10-6-2-4-8-12(10)17/h1-8H. The van der Waals surface area contributed by atoms with Gasteiger partial charge in [-0.25, -0.2) is 0 Å². The van der Waals surface area contributed by atoms with Gasteiger partial charge < -0.3 is 13.7 Å². The molecule has 1 radical (unpaired) electrons. The van der Waals surface area contributed by atoms with Crippen LogP contribution >= 0.6 is 23.2 Å². The van der Waals surface area contributed by atoms with Crippen molar-refractivity contribution in [3.63, 3.8) is 0 Å². The molecule has 1 aliphatic heterocycles. The van der Waals surface area contributed by atoms with E-state index in [1.165, 1.54) is 7.69 Å². The van der Waals surface area contributed by atoms with E-state index in [0.29, 0.717) is 10.0 Å². The van der Waals surface area contributed by atoms with Crippen LogP contribution in [0.15, 0.2) is 48.5 Å². The SMILES string of the molecule is Clc1ccccc1B1O[B]OB(c2ccccc2Cl)O1. The number of halogens is 2. The number of hydrogen-bond donors (Lipinski definition) is 0. The van der Waals surface area contributed by atoms with Gasteiger partial charge >= 0.3 is 21.9 Å². The van der Waals surface area contributed by atoms with Gasteiger partial charge in [0.25, 0.3) is 0 Å². The molecule has 0 N–H and O–H groups in total. The molecule has 3 nitrogen and oxygen atoms in total. The molecule has 0 saturated carbocycles. The lowest BCUT2D eigenvalue weighted by molar-refractivity contribution is 0.321. The Labute approximate surface area is 128 Å². The van der Waals surface area contributed by atoms with Crippen molar-refractivity contribution >= 4 is 56.0 Å². The van der Waals surface area contributed by atoms with Gasteiger partial charge in [0.2, 0.25) is 0 Å². The van der Waals surface area contributed by atoms with E-state index in [2.05, 4.69) is 0 Å². The molecule has 2 aromatic carbocycles. The average molecular weight is 304 g/mol. The molecule has 0 aromatic heterocycles. The van der Waals surface area contributed by atoms with E-state index in [1.807, 2.05) is 36.4 Å². The fourth-order valence-corrected chi connectivity index (χ4v) is 2.38. The van der Waals surface area contributed by atoms with Crippen LogP contribution in [0.3, 0.4) is 0 Å². The smallest absolute Gasteiger partial charge is 0.451 e. The second-order valence-electron chi connectivity index (χ2n) is 4.21. The minimum Gasteiger partial charge on any atom is -0.451 e. The Balaban J connectivity index is 1.84. The third-order valence-corrected chi connectivity index (χ3v) is 3.61. The normalized spacial score (nSPS) is 15.1. The number of benzene rings is 2. The van der Waals surface area contributed by atoms with E-state index in [9.17, 15) is 0 Å². The Morgan fingerprint density at radius 3 is 1.65 bits per heavy atom. The molecule has 1 heterocycles. The van der Waals surface area contributed by atoms with E-state index >= 15 is 0 Å². The topological polar surface area (TPSA) is 27.7 Å². The molecule has 0 spiro atoms. The lowest BCUT2D eigenvalue weighted by Crippen LogP contribution is -2.54. The van der Waals surface area contributed by atoms with Crippen molar-refractivity contribution in [1.82, 2.24) is 0 Å². The van der Waals surface area contributed by atoms with Gasteiger partial charge in [0, 0.05) is 10.0 Å². The minimum absolute atomic E-state index is 0.575. The summed E-state index contributed by atoms with van der Waals surface area (Å²) in [7, 11) is 0.00308. The molecule has 3 rings (SSSR count). The van der Waals surface area contributed by atoms with Gasteiger partial charge in [0.15, 0.2) is 0 Å². The highest BCUT2D eigenvalue weighted by Gasteiger charge is 2.37. The molecule has 2 aromatic rings. The lowest BCUT2D eigenvalue weighted by Gasteiger charge is -2.26. The van der Waals surface area contributed by atoms with Crippen molar-refractivity contribution in [3.05, 3.63) is 58.6 Å². The third kappa shape index (κ3) is 2.90. The van der Waals surface area contributed by atoms with Crippen LogP contribution in [0.5, 0.6) is 0 Å². The molecule has 8 heteroatoms. The fraction of sp³-hybridized carbons (Fsp3) is 0. The van der Waals surface area contributed by atoms with Gasteiger partial charge in [-0.3, -0.25) is 0 Å². The Kier molecular flexibility index (Phi) is 4.39. The largest absolute Gasteiger partial charge is 0.467 e. The third-order valence-electron chi connectivity index (χ3n) is 2.92. The van der Waals surface area contributed by atoms with Crippen LogP contribution in [0.1, 0.15) is 0 Å². The van der Waals surface area contributed by atoms with Crippen molar-refractivity contribution < 1.29 is 13.7 Å². The second kappa shape index (κ2) is 6.25. The molecule has 97 valence electrons. The maximum atomic E-state index is 6.14. The van der Waals surface area contributed by atoms with Crippen LogP contribution in [0.4, 0.5) is 0 Å². The summed E-state index contributed by atoms with van der Waals surface area (Å²) in [4.78, 5) is 0. The Hall–Kier alpha value is -0.905. The van der Waals surface area contributed by atoms with Crippen LogP contribution in [-0.2, 0) is 13.7 Å². The van der Waals surface area contributed by atoms with Crippen LogP contribution in [0, 0.1) is 0 Å². The zero-order chi connectivity index (χ0) is 13.9. The molecule has 20 heavy (non-hydrogen) atoms. The quantitative estimate of drug-likeness (QED) is 0.790. The predicted octanol–water partition coefficient (Wildman–Crippen LogP) is 1.68. The van der Waals surface area contributed by atoms with Crippen LogP contribution < -0.4 is 10.9 Å². The van der Waals surface area contributed by atoms with E-state index in [0.717, 1.165) is 10.9 Å². The maximum Gasteiger partial charge on any atom is 0.467 e. The highest BCUT2D eigenvalue weighted by molar-refractivity contribution is 6.82. The summed E-state index contributed by atoms with van der Waals surface area (Å²) in [6.07, 6.45) is 0.